The van der Waals surface area contributed by atoms with Crippen LogP contribution in [-0.4, -0.2) is 47.7 Å². The minimum absolute atomic E-state index is 0.0220. The van der Waals surface area contributed by atoms with Gasteiger partial charge in [0.25, 0.3) is 0 Å². The van der Waals surface area contributed by atoms with Gasteiger partial charge in [-0.3, -0.25) is 4.79 Å². The van der Waals surface area contributed by atoms with E-state index in [1.807, 2.05) is 0 Å². The highest BCUT2D eigenvalue weighted by Crippen LogP contribution is 2.72. The van der Waals surface area contributed by atoms with Crippen molar-refractivity contribution in [2.24, 2.45) is 47.3 Å². The van der Waals surface area contributed by atoms with Crippen molar-refractivity contribution in [1.29, 1.82) is 0 Å². The lowest BCUT2D eigenvalue weighted by atomic mass is 9.57. The van der Waals surface area contributed by atoms with Crippen molar-refractivity contribution in [2.75, 3.05) is 0 Å². The zero-order valence-electron chi connectivity index (χ0n) is 13.1. The maximum atomic E-state index is 11.8. The van der Waals surface area contributed by atoms with Gasteiger partial charge < -0.3 is 19.3 Å². The second-order valence-electron chi connectivity index (χ2n) is 9.13. The van der Waals surface area contributed by atoms with Crippen molar-refractivity contribution in [3.63, 3.8) is 0 Å². The first-order valence-corrected chi connectivity index (χ1v) is 9.31. The molecule has 2 aliphatic heterocycles. The van der Waals surface area contributed by atoms with Crippen molar-refractivity contribution in [3.8, 4) is 0 Å². The third kappa shape index (κ3) is 1.27. The van der Waals surface area contributed by atoms with Gasteiger partial charge in [-0.25, -0.2) is 0 Å². The van der Waals surface area contributed by atoms with Gasteiger partial charge in [0.15, 0.2) is 0 Å². The topological polar surface area (TPSA) is 71.6 Å². The Morgan fingerprint density at radius 1 is 0.870 bits per heavy atom. The molecule has 5 aliphatic carbocycles. The molecule has 0 amide bonds. The number of epoxide rings is 2. The molecule has 7 aliphatic rings. The molecule has 4 bridgehead atoms. The molecule has 2 heterocycles. The van der Waals surface area contributed by atoms with E-state index in [4.69, 9.17) is 14.2 Å². The fourth-order valence-electron chi connectivity index (χ4n) is 8.21. The zero-order valence-corrected chi connectivity index (χ0v) is 13.1. The number of hydrogen-bond donors (Lipinski definition) is 1. The molecule has 2 saturated heterocycles. The standard InChI is InChI=1S/C18H22O5/c1-4(19)21-18-11-7-2-5(14-16(7)22-14)9(11)13(20)10-6-3-8(12(10)18)17-15(6)23-17/h5-18,20H,2-3H2,1H3/t5-,6-,7+,8+,9-,10-,11+,12+,13?,14-,15-,16+,17+,18?/m0/s1. The average molecular weight is 318 g/mol. The van der Waals surface area contributed by atoms with Gasteiger partial charge in [0, 0.05) is 18.8 Å². The van der Waals surface area contributed by atoms with E-state index >= 15 is 0 Å². The number of esters is 1. The van der Waals surface area contributed by atoms with Crippen molar-refractivity contribution in [3.05, 3.63) is 0 Å². The van der Waals surface area contributed by atoms with Crippen molar-refractivity contribution in [1.82, 2.24) is 0 Å². The minimum Gasteiger partial charge on any atom is -0.462 e. The van der Waals surface area contributed by atoms with E-state index in [1.54, 1.807) is 0 Å². The van der Waals surface area contributed by atoms with E-state index in [-0.39, 0.29) is 30.0 Å². The maximum absolute atomic E-state index is 11.8. The summed E-state index contributed by atoms with van der Waals surface area (Å²) in [5.41, 5.74) is 0. The Morgan fingerprint density at radius 2 is 1.30 bits per heavy atom. The van der Waals surface area contributed by atoms with E-state index in [0.29, 0.717) is 59.9 Å². The van der Waals surface area contributed by atoms with Crippen LogP contribution in [0.5, 0.6) is 0 Å². The Labute approximate surface area is 134 Å². The molecule has 5 saturated carbocycles. The second-order valence-corrected chi connectivity index (χ2v) is 9.13. The number of ether oxygens (including phenoxy) is 3. The number of carbonyl (C=O) groups excluding carboxylic acids is 1. The molecule has 23 heavy (non-hydrogen) atoms. The molecular formula is C18H22O5. The average Bonchev–Trinajstić information content (AvgIpc) is 3.36. The van der Waals surface area contributed by atoms with Crippen LogP contribution in [0.2, 0.25) is 0 Å². The monoisotopic (exact) mass is 318 g/mol. The molecule has 0 aromatic heterocycles. The van der Waals surface area contributed by atoms with Gasteiger partial charge in [-0.05, 0) is 48.3 Å². The largest absolute Gasteiger partial charge is 0.462 e. The fraction of sp³-hybridized carbons (Fsp3) is 0.944. The van der Waals surface area contributed by atoms with Crippen LogP contribution in [0.25, 0.3) is 0 Å². The van der Waals surface area contributed by atoms with E-state index in [0.717, 1.165) is 12.8 Å². The summed E-state index contributed by atoms with van der Waals surface area (Å²) >= 11 is 0. The van der Waals surface area contributed by atoms with Crippen LogP contribution in [0.15, 0.2) is 0 Å². The first-order chi connectivity index (χ1) is 11.1. The Balaban J connectivity index is 1.35. The molecule has 1 N–H and O–H groups in total. The maximum Gasteiger partial charge on any atom is 0.302 e. The smallest absolute Gasteiger partial charge is 0.302 e. The van der Waals surface area contributed by atoms with Crippen LogP contribution in [0.1, 0.15) is 19.8 Å². The van der Waals surface area contributed by atoms with Gasteiger partial charge >= 0.3 is 5.97 Å². The molecule has 0 unspecified atom stereocenters. The molecule has 5 nitrogen and oxygen atoms in total. The predicted octanol–water partition coefficient (Wildman–Crippen LogP) is 0.592. The predicted molar refractivity (Wildman–Crippen MR) is 76.0 cm³/mol. The molecule has 7 rings (SSSR count). The third-order valence-electron chi connectivity index (χ3n) is 8.62. The molecular weight excluding hydrogens is 296 g/mol. The van der Waals surface area contributed by atoms with Gasteiger partial charge in [0.1, 0.15) is 6.10 Å². The van der Waals surface area contributed by atoms with Crippen LogP contribution in [0, 0.1) is 47.3 Å². The fourth-order valence-corrected chi connectivity index (χ4v) is 8.21. The summed E-state index contributed by atoms with van der Waals surface area (Å²) in [7, 11) is 0. The first kappa shape index (κ1) is 12.7. The van der Waals surface area contributed by atoms with Gasteiger partial charge in [-0.1, -0.05) is 0 Å². The highest BCUT2D eigenvalue weighted by atomic mass is 16.6. The molecule has 124 valence electrons. The van der Waals surface area contributed by atoms with Gasteiger partial charge in [0.05, 0.1) is 30.5 Å². The van der Waals surface area contributed by atoms with Crippen molar-refractivity contribution < 1.29 is 24.1 Å². The molecule has 0 aromatic rings. The van der Waals surface area contributed by atoms with Crippen LogP contribution in [0.4, 0.5) is 0 Å². The highest BCUT2D eigenvalue weighted by Gasteiger charge is 2.78. The molecule has 0 aromatic carbocycles. The summed E-state index contributed by atoms with van der Waals surface area (Å²) in [5.74, 6) is 2.93. The van der Waals surface area contributed by atoms with Gasteiger partial charge in [-0.15, -0.1) is 0 Å². The lowest BCUT2D eigenvalue weighted by Crippen LogP contribution is -2.59. The molecule has 7 fully saturated rings. The Kier molecular flexibility index (Phi) is 2.00. The van der Waals surface area contributed by atoms with Gasteiger partial charge in [-0.2, -0.15) is 0 Å². The Hall–Kier alpha value is -0.650. The van der Waals surface area contributed by atoms with Crippen LogP contribution in [0.3, 0.4) is 0 Å². The summed E-state index contributed by atoms with van der Waals surface area (Å²) in [5, 5.41) is 11.3. The lowest BCUT2D eigenvalue weighted by molar-refractivity contribution is -0.181. The van der Waals surface area contributed by atoms with E-state index in [1.165, 1.54) is 6.92 Å². The quantitative estimate of drug-likeness (QED) is 0.566. The zero-order chi connectivity index (χ0) is 15.2. The normalized spacial score (nSPS) is 71.4. The van der Waals surface area contributed by atoms with Gasteiger partial charge in [0.2, 0.25) is 0 Å². The Bertz CT molecular complexity index is 577. The minimum atomic E-state index is -0.253. The number of aliphatic hydroxyl groups excluding tert-OH is 1. The summed E-state index contributed by atoms with van der Waals surface area (Å²) in [6.45, 7) is 1.53. The summed E-state index contributed by atoms with van der Waals surface area (Å²) < 4.78 is 17.7. The number of carbonyl (C=O) groups is 1. The molecule has 5 heteroatoms. The summed E-state index contributed by atoms with van der Waals surface area (Å²) in [6.07, 6.45) is 3.58. The second kappa shape index (κ2) is 3.63. The number of fused-ring (bicyclic) bond motifs is 16. The van der Waals surface area contributed by atoms with E-state index in [9.17, 15) is 9.90 Å². The third-order valence-corrected chi connectivity index (χ3v) is 8.62. The summed E-state index contributed by atoms with van der Waals surface area (Å²) in [4.78, 5) is 11.8. The molecule has 0 radical (unpaired) electrons. The highest BCUT2D eigenvalue weighted by molar-refractivity contribution is 5.66. The lowest BCUT2D eigenvalue weighted by Gasteiger charge is -2.51. The van der Waals surface area contributed by atoms with Crippen LogP contribution >= 0.6 is 0 Å². The van der Waals surface area contributed by atoms with Crippen molar-refractivity contribution >= 4 is 5.97 Å². The first-order valence-electron chi connectivity index (χ1n) is 9.31. The SMILES string of the molecule is CC(=O)OC1[C@@H]2[C@H]3C[C@H]([C@@H]4O[C@H]34)[C@@H]2C(O)[C@H]2[C@@H]3C[C@@H]([C@H]4O[C@@H]34)[C@@H]12. The number of aliphatic hydroxyl groups is 1. The van der Waals surface area contributed by atoms with E-state index in [2.05, 4.69) is 0 Å². The number of hydrogen-bond acceptors (Lipinski definition) is 5. The van der Waals surface area contributed by atoms with Crippen LogP contribution in [-0.2, 0) is 19.0 Å². The summed E-state index contributed by atoms with van der Waals surface area (Å²) in [6, 6.07) is 0. The van der Waals surface area contributed by atoms with Crippen molar-refractivity contribution in [2.45, 2.75) is 56.4 Å². The molecule has 12 atom stereocenters. The number of rotatable bonds is 1. The molecule has 0 spiro atoms. The Morgan fingerprint density at radius 3 is 1.74 bits per heavy atom. The van der Waals surface area contributed by atoms with Crippen LogP contribution < -0.4 is 0 Å². The van der Waals surface area contributed by atoms with E-state index < -0.39 is 0 Å².